The molecule has 0 saturated carbocycles. The minimum atomic E-state index is -3.83. The van der Waals surface area contributed by atoms with Crippen molar-refractivity contribution >= 4 is 55.4 Å². The van der Waals surface area contributed by atoms with Crippen LogP contribution in [0.3, 0.4) is 0 Å². The maximum absolute atomic E-state index is 12.7. The van der Waals surface area contributed by atoms with Crippen LogP contribution in [0.1, 0.15) is 51.9 Å². The van der Waals surface area contributed by atoms with Crippen LogP contribution in [0.25, 0.3) is 0 Å². The smallest absolute Gasteiger partial charge is 0.412 e. The molecule has 0 unspecified atom stereocenters. The van der Waals surface area contributed by atoms with Crippen LogP contribution in [-0.4, -0.2) is 84.9 Å². The predicted molar refractivity (Wildman–Crippen MR) is 148 cm³/mol. The number of carbonyl (C=O) groups is 3. The SMILES string of the molecule is CC(C)(C)OC(=O)Nc1cc(NC(=O)OC(C)(C)C)c(N(CCOS(C)(=O)=O)CCOS(C)(=O)=O)cc1C(N)=O. The van der Waals surface area contributed by atoms with E-state index in [1.54, 1.807) is 41.5 Å². The Balaban J connectivity index is 3.67. The Bertz CT molecular complexity index is 1260. The number of nitrogens with zero attached hydrogens (tertiary/aromatic N) is 1. The van der Waals surface area contributed by atoms with Crippen molar-refractivity contribution in [1.82, 2.24) is 0 Å². The van der Waals surface area contributed by atoms with Gasteiger partial charge < -0.3 is 20.1 Å². The number of nitrogens with two attached hydrogens (primary N) is 1. The fraction of sp³-hybridized carbons (Fsp3) is 0.609. The Morgan fingerprint density at radius 3 is 1.52 bits per heavy atom. The number of anilines is 3. The highest BCUT2D eigenvalue weighted by Gasteiger charge is 2.25. The monoisotopic (exact) mass is 610 g/mol. The first-order chi connectivity index (χ1) is 18.0. The fourth-order valence-electron chi connectivity index (χ4n) is 3.03. The number of hydrogen-bond acceptors (Lipinski definition) is 12. The highest BCUT2D eigenvalue weighted by Crippen LogP contribution is 2.33. The maximum Gasteiger partial charge on any atom is 0.412 e. The second-order valence-electron chi connectivity index (χ2n) is 10.6. The molecule has 1 aromatic rings. The summed E-state index contributed by atoms with van der Waals surface area (Å²) in [5.41, 5.74) is 3.57. The van der Waals surface area contributed by atoms with Gasteiger partial charge in [0.25, 0.3) is 26.1 Å². The lowest BCUT2D eigenvalue weighted by atomic mass is 10.1. The molecule has 1 rings (SSSR count). The minimum Gasteiger partial charge on any atom is -0.444 e. The molecule has 0 radical (unpaired) electrons. The molecule has 0 aromatic heterocycles. The van der Waals surface area contributed by atoms with Crippen LogP contribution in [0.4, 0.5) is 26.7 Å². The van der Waals surface area contributed by atoms with E-state index in [2.05, 4.69) is 10.6 Å². The molecular formula is C23H38N4O11S2. The summed E-state index contributed by atoms with van der Waals surface area (Å²) in [5, 5.41) is 4.95. The number of carbonyl (C=O) groups excluding carboxylic acids is 3. The summed E-state index contributed by atoms with van der Waals surface area (Å²) in [7, 11) is -7.66. The molecule has 17 heteroatoms. The average molecular weight is 611 g/mol. The number of hydrogen-bond donors (Lipinski definition) is 3. The van der Waals surface area contributed by atoms with E-state index in [1.165, 1.54) is 17.0 Å². The molecule has 0 aliphatic rings. The Labute approximate surface area is 234 Å². The second-order valence-corrected chi connectivity index (χ2v) is 13.9. The Hall–Kier alpha value is -3.15. The lowest BCUT2D eigenvalue weighted by Crippen LogP contribution is -2.34. The molecule has 0 fully saturated rings. The first-order valence-corrected chi connectivity index (χ1v) is 15.5. The van der Waals surface area contributed by atoms with Crippen molar-refractivity contribution in [2.24, 2.45) is 5.73 Å². The zero-order valence-corrected chi connectivity index (χ0v) is 25.4. The van der Waals surface area contributed by atoms with E-state index in [-0.39, 0.29) is 48.9 Å². The van der Waals surface area contributed by atoms with Gasteiger partial charge in [-0.25, -0.2) is 9.59 Å². The quantitative estimate of drug-likeness (QED) is 0.291. The molecule has 0 atom stereocenters. The number of primary amides is 1. The van der Waals surface area contributed by atoms with Crippen LogP contribution >= 0.6 is 0 Å². The van der Waals surface area contributed by atoms with E-state index in [9.17, 15) is 31.2 Å². The normalized spacial score (nSPS) is 12.4. The minimum absolute atomic E-state index is 0.0102. The van der Waals surface area contributed by atoms with E-state index in [4.69, 9.17) is 23.6 Å². The molecule has 15 nitrogen and oxygen atoms in total. The van der Waals surface area contributed by atoms with E-state index in [1.807, 2.05) is 0 Å². The van der Waals surface area contributed by atoms with E-state index in [0.717, 1.165) is 12.5 Å². The molecule has 228 valence electrons. The third-order valence-electron chi connectivity index (χ3n) is 4.33. The molecule has 0 bridgehead atoms. The lowest BCUT2D eigenvalue weighted by Gasteiger charge is -2.29. The molecule has 0 aliphatic carbocycles. The largest absolute Gasteiger partial charge is 0.444 e. The van der Waals surface area contributed by atoms with Crippen molar-refractivity contribution in [2.45, 2.75) is 52.7 Å². The molecule has 4 N–H and O–H groups in total. The van der Waals surface area contributed by atoms with E-state index in [0.29, 0.717) is 0 Å². The number of benzene rings is 1. The van der Waals surface area contributed by atoms with Crippen molar-refractivity contribution < 1.29 is 49.1 Å². The van der Waals surface area contributed by atoms with Gasteiger partial charge in [-0.3, -0.25) is 23.8 Å². The van der Waals surface area contributed by atoms with Crippen LogP contribution in [0, 0.1) is 0 Å². The van der Waals surface area contributed by atoms with Gasteiger partial charge in [0.05, 0.1) is 48.4 Å². The standard InChI is InChI=1S/C23H38N4O11S2/c1-22(2,3)37-20(29)25-16-14-17(26-21(30)38-23(4,5)6)18(13-15(16)19(24)28)27(9-11-35-39(7,31)32)10-12-36-40(8,33)34/h13-14H,9-12H2,1-8H3,(H2,24,28)(H,25,29)(H,26,30). The Kier molecular flexibility index (Phi) is 11.7. The second kappa shape index (κ2) is 13.5. The van der Waals surface area contributed by atoms with Crippen molar-refractivity contribution in [1.29, 1.82) is 0 Å². The zero-order chi connectivity index (χ0) is 31.1. The van der Waals surface area contributed by atoms with Crippen LogP contribution < -0.4 is 21.3 Å². The van der Waals surface area contributed by atoms with Gasteiger partial charge in [-0.05, 0) is 53.7 Å². The van der Waals surface area contributed by atoms with Gasteiger partial charge in [-0.2, -0.15) is 16.8 Å². The summed E-state index contributed by atoms with van der Waals surface area (Å²) < 4.78 is 66.2. The molecular weight excluding hydrogens is 572 g/mol. The van der Waals surface area contributed by atoms with Crippen molar-refractivity contribution in [2.75, 3.05) is 54.3 Å². The van der Waals surface area contributed by atoms with Gasteiger partial charge >= 0.3 is 12.2 Å². The zero-order valence-electron chi connectivity index (χ0n) is 23.8. The Morgan fingerprint density at radius 2 is 1.18 bits per heavy atom. The average Bonchev–Trinajstić information content (AvgIpc) is 2.68. The third-order valence-corrected chi connectivity index (χ3v) is 5.52. The van der Waals surface area contributed by atoms with Crippen molar-refractivity contribution in [3.63, 3.8) is 0 Å². The lowest BCUT2D eigenvalue weighted by molar-refractivity contribution is 0.0625. The van der Waals surface area contributed by atoms with Crippen LogP contribution in [0.5, 0.6) is 0 Å². The molecule has 0 spiro atoms. The molecule has 3 amide bonds. The third kappa shape index (κ3) is 14.3. The fourth-order valence-corrected chi connectivity index (χ4v) is 3.79. The number of amides is 3. The number of nitrogens with one attached hydrogen (secondary N) is 2. The summed E-state index contributed by atoms with van der Waals surface area (Å²) in [6.07, 6.45) is -0.112. The highest BCUT2D eigenvalue weighted by atomic mass is 32.2. The van der Waals surface area contributed by atoms with Crippen LogP contribution in [-0.2, 0) is 38.1 Å². The van der Waals surface area contributed by atoms with Gasteiger partial charge in [-0.15, -0.1) is 0 Å². The van der Waals surface area contributed by atoms with Crippen LogP contribution in [0.2, 0.25) is 0 Å². The summed E-state index contributed by atoms with van der Waals surface area (Å²) in [6.45, 7) is 8.71. The Morgan fingerprint density at radius 1 is 0.775 bits per heavy atom. The highest BCUT2D eigenvalue weighted by molar-refractivity contribution is 7.86. The van der Waals surface area contributed by atoms with Crippen molar-refractivity contribution in [3.8, 4) is 0 Å². The topological polar surface area (TPSA) is 210 Å². The molecule has 0 aliphatic heterocycles. The van der Waals surface area contributed by atoms with E-state index >= 15 is 0 Å². The molecule has 1 aromatic carbocycles. The number of rotatable bonds is 12. The predicted octanol–water partition coefficient (Wildman–Crippen LogP) is 2.24. The summed E-state index contributed by atoms with van der Waals surface area (Å²) in [4.78, 5) is 38.9. The summed E-state index contributed by atoms with van der Waals surface area (Å²) in [6, 6.07) is 2.45. The molecule has 0 heterocycles. The summed E-state index contributed by atoms with van der Waals surface area (Å²) >= 11 is 0. The first-order valence-electron chi connectivity index (χ1n) is 11.9. The molecule has 0 saturated heterocycles. The van der Waals surface area contributed by atoms with Gasteiger partial charge in [-0.1, -0.05) is 0 Å². The van der Waals surface area contributed by atoms with E-state index < -0.39 is 49.5 Å². The van der Waals surface area contributed by atoms with Crippen molar-refractivity contribution in [3.05, 3.63) is 17.7 Å². The first kappa shape index (κ1) is 34.9. The summed E-state index contributed by atoms with van der Waals surface area (Å²) in [5.74, 6) is -0.962. The van der Waals surface area contributed by atoms with Gasteiger partial charge in [0.1, 0.15) is 11.2 Å². The number of ether oxygens (including phenoxy) is 2. The molecule has 40 heavy (non-hydrogen) atoms. The van der Waals surface area contributed by atoms with Gasteiger partial charge in [0.2, 0.25) is 0 Å². The van der Waals surface area contributed by atoms with Crippen LogP contribution in [0.15, 0.2) is 12.1 Å². The van der Waals surface area contributed by atoms with Gasteiger partial charge in [0, 0.05) is 13.1 Å². The maximum atomic E-state index is 12.7. The van der Waals surface area contributed by atoms with Gasteiger partial charge in [0.15, 0.2) is 0 Å².